The van der Waals surface area contributed by atoms with Gasteiger partial charge in [-0.3, -0.25) is 9.59 Å². The van der Waals surface area contributed by atoms with Crippen molar-refractivity contribution in [3.05, 3.63) is 80.6 Å². The van der Waals surface area contributed by atoms with Crippen molar-refractivity contribution in [2.45, 2.75) is 25.3 Å². The first-order valence-corrected chi connectivity index (χ1v) is 8.66. The number of hydrogen-bond donors (Lipinski definition) is 2. The van der Waals surface area contributed by atoms with E-state index in [2.05, 4.69) is 10.3 Å². The first-order chi connectivity index (χ1) is 12.1. The number of amides is 1. The molecule has 2 N–H and O–H groups in total. The highest BCUT2D eigenvalue weighted by Gasteiger charge is 2.24. The molecule has 0 spiro atoms. The fraction of sp³-hybridized carbons (Fsp3) is 0.200. The largest absolute Gasteiger partial charge is 0.349 e. The average molecular weight is 353 g/mol. The lowest BCUT2D eigenvalue weighted by molar-refractivity contribution is -0.121. The van der Waals surface area contributed by atoms with Gasteiger partial charge in [-0.1, -0.05) is 35.9 Å². The number of rotatable bonds is 3. The molecule has 3 aromatic rings. The Morgan fingerprint density at radius 3 is 2.92 bits per heavy atom. The number of fused-ring (bicyclic) bond motifs is 2. The van der Waals surface area contributed by atoms with Gasteiger partial charge in [-0.25, -0.2) is 0 Å². The number of benzene rings is 2. The number of halogens is 1. The topological polar surface area (TPSA) is 62.0 Å². The maximum absolute atomic E-state index is 12.4. The summed E-state index contributed by atoms with van der Waals surface area (Å²) < 4.78 is 0. The third kappa shape index (κ3) is 3.17. The molecule has 0 unspecified atom stereocenters. The number of carbonyl (C=O) groups is 1. The van der Waals surface area contributed by atoms with E-state index in [0.29, 0.717) is 10.6 Å². The van der Waals surface area contributed by atoms with E-state index in [1.165, 1.54) is 5.56 Å². The van der Waals surface area contributed by atoms with Gasteiger partial charge in [-0.05, 0) is 53.6 Å². The molecular formula is C20H17ClN2O2. The van der Waals surface area contributed by atoms with Crippen molar-refractivity contribution >= 4 is 28.4 Å². The average Bonchev–Trinajstić information content (AvgIpc) is 2.97. The van der Waals surface area contributed by atoms with Crippen LogP contribution < -0.4 is 10.9 Å². The lowest BCUT2D eigenvalue weighted by Crippen LogP contribution is -2.30. The van der Waals surface area contributed by atoms with Gasteiger partial charge in [0.2, 0.25) is 5.91 Å². The number of aromatic amines is 1. The van der Waals surface area contributed by atoms with E-state index < -0.39 is 0 Å². The molecule has 1 amide bonds. The van der Waals surface area contributed by atoms with E-state index in [9.17, 15) is 9.59 Å². The van der Waals surface area contributed by atoms with Crippen molar-refractivity contribution < 1.29 is 4.79 Å². The number of aromatic nitrogens is 1. The Labute approximate surface area is 149 Å². The highest BCUT2D eigenvalue weighted by atomic mass is 35.5. The van der Waals surface area contributed by atoms with Crippen LogP contribution in [0.25, 0.3) is 10.9 Å². The summed E-state index contributed by atoms with van der Waals surface area (Å²) in [4.78, 5) is 27.5. The van der Waals surface area contributed by atoms with Crippen LogP contribution in [-0.4, -0.2) is 10.9 Å². The first kappa shape index (κ1) is 15.9. The Kier molecular flexibility index (Phi) is 4.06. The number of pyridine rings is 1. The van der Waals surface area contributed by atoms with Crippen molar-refractivity contribution in [2.75, 3.05) is 0 Å². The van der Waals surface area contributed by atoms with Crippen LogP contribution in [-0.2, 0) is 17.6 Å². The van der Waals surface area contributed by atoms with Gasteiger partial charge >= 0.3 is 0 Å². The maximum Gasteiger partial charge on any atom is 0.252 e. The summed E-state index contributed by atoms with van der Waals surface area (Å²) >= 11 is 6.02. The number of aryl methyl sites for hydroxylation is 1. The maximum atomic E-state index is 12.4. The summed E-state index contributed by atoms with van der Waals surface area (Å²) in [6, 6.07) is 15.1. The van der Waals surface area contributed by atoms with E-state index in [0.717, 1.165) is 29.3 Å². The summed E-state index contributed by atoms with van der Waals surface area (Å²) in [5.74, 6) is -0.145. The number of hydrogen-bond acceptors (Lipinski definition) is 2. The van der Waals surface area contributed by atoms with Crippen LogP contribution in [0.15, 0.2) is 53.3 Å². The minimum Gasteiger partial charge on any atom is -0.349 e. The number of nitrogens with one attached hydrogen (secondary N) is 2. The lowest BCUT2D eigenvalue weighted by atomic mass is 10.1. The first-order valence-electron chi connectivity index (χ1n) is 8.29. The van der Waals surface area contributed by atoms with E-state index in [4.69, 9.17) is 11.6 Å². The molecule has 1 aliphatic rings. The zero-order chi connectivity index (χ0) is 17.4. The fourth-order valence-corrected chi connectivity index (χ4v) is 3.67. The molecule has 1 heterocycles. The summed E-state index contributed by atoms with van der Waals surface area (Å²) in [6.45, 7) is 0. The van der Waals surface area contributed by atoms with E-state index in [-0.39, 0.29) is 23.9 Å². The monoisotopic (exact) mass is 352 g/mol. The van der Waals surface area contributed by atoms with Gasteiger partial charge in [0.1, 0.15) is 0 Å². The van der Waals surface area contributed by atoms with Gasteiger partial charge in [0.15, 0.2) is 0 Å². The zero-order valence-electron chi connectivity index (χ0n) is 13.5. The SMILES string of the molecule is O=C(Cc1cc2ccccc2[nH]c1=O)N[C@@H]1CCc2cc(Cl)ccc21. The Morgan fingerprint density at radius 1 is 1.20 bits per heavy atom. The quantitative estimate of drug-likeness (QED) is 0.757. The minimum absolute atomic E-state index is 0.0145. The van der Waals surface area contributed by atoms with Crippen LogP contribution in [0.5, 0.6) is 0 Å². The normalized spacial score (nSPS) is 16.0. The summed E-state index contributed by atoms with van der Waals surface area (Å²) in [6.07, 6.45) is 1.83. The molecule has 126 valence electrons. The van der Waals surface area contributed by atoms with Crippen LogP contribution in [0.4, 0.5) is 0 Å². The summed E-state index contributed by atoms with van der Waals surface area (Å²) in [5.41, 5.74) is 3.34. The molecule has 4 rings (SSSR count). The van der Waals surface area contributed by atoms with Crippen molar-refractivity contribution in [3.8, 4) is 0 Å². The fourth-order valence-electron chi connectivity index (χ4n) is 3.48. The molecule has 25 heavy (non-hydrogen) atoms. The van der Waals surface area contributed by atoms with E-state index in [1.807, 2.05) is 42.5 Å². The summed E-state index contributed by atoms with van der Waals surface area (Å²) in [5, 5.41) is 4.68. The third-order valence-corrected chi connectivity index (χ3v) is 4.93. The molecule has 2 aromatic carbocycles. The van der Waals surface area contributed by atoms with Gasteiger partial charge < -0.3 is 10.3 Å². The van der Waals surface area contributed by atoms with E-state index >= 15 is 0 Å². The molecule has 0 saturated heterocycles. The molecule has 1 atom stereocenters. The molecule has 4 nitrogen and oxygen atoms in total. The molecule has 0 radical (unpaired) electrons. The van der Waals surface area contributed by atoms with Crippen LogP contribution >= 0.6 is 11.6 Å². The van der Waals surface area contributed by atoms with Crippen molar-refractivity contribution in [1.82, 2.24) is 10.3 Å². The Morgan fingerprint density at radius 2 is 2.04 bits per heavy atom. The predicted molar refractivity (Wildman–Crippen MR) is 98.9 cm³/mol. The van der Waals surface area contributed by atoms with Crippen molar-refractivity contribution in [3.63, 3.8) is 0 Å². The molecule has 1 aromatic heterocycles. The molecule has 0 aliphatic heterocycles. The van der Waals surface area contributed by atoms with Gasteiger partial charge in [0, 0.05) is 16.1 Å². The van der Waals surface area contributed by atoms with Crippen LogP contribution in [0.3, 0.4) is 0 Å². The zero-order valence-corrected chi connectivity index (χ0v) is 14.3. The van der Waals surface area contributed by atoms with Crippen LogP contribution in [0.2, 0.25) is 5.02 Å². The second-order valence-electron chi connectivity index (χ2n) is 6.39. The van der Waals surface area contributed by atoms with Gasteiger partial charge in [-0.2, -0.15) is 0 Å². The Balaban J connectivity index is 1.52. The van der Waals surface area contributed by atoms with Gasteiger partial charge in [0.05, 0.1) is 12.5 Å². The summed E-state index contributed by atoms with van der Waals surface area (Å²) in [7, 11) is 0. The highest BCUT2D eigenvalue weighted by molar-refractivity contribution is 6.30. The number of carbonyl (C=O) groups excluding carboxylic acids is 1. The Hall–Kier alpha value is -2.59. The predicted octanol–water partition coefficient (Wildman–Crippen LogP) is 3.53. The molecule has 0 saturated carbocycles. The molecule has 0 fully saturated rings. The molecule has 0 bridgehead atoms. The molecule has 5 heteroatoms. The number of para-hydroxylation sites is 1. The molecular weight excluding hydrogens is 336 g/mol. The van der Waals surface area contributed by atoms with Gasteiger partial charge in [0.25, 0.3) is 5.56 Å². The van der Waals surface area contributed by atoms with E-state index in [1.54, 1.807) is 6.07 Å². The van der Waals surface area contributed by atoms with Gasteiger partial charge in [-0.15, -0.1) is 0 Å². The smallest absolute Gasteiger partial charge is 0.252 e. The lowest BCUT2D eigenvalue weighted by Gasteiger charge is -2.14. The standard InChI is InChI=1S/C20H17ClN2O2/c21-15-6-7-16-12(10-15)5-8-18(16)22-19(24)11-14-9-13-3-1-2-4-17(13)23-20(14)25/h1-4,6-7,9-10,18H,5,8,11H2,(H,22,24)(H,23,25)/t18-/m1/s1. The highest BCUT2D eigenvalue weighted by Crippen LogP contribution is 2.32. The third-order valence-electron chi connectivity index (χ3n) is 4.70. The minimum atomic E-state index is -0.215. The second kappa shape index (κ2) is 6.37. The van der Waals surface area contributed by atoms with Crippen molar-refractivity contribution in [2.24, 2.45) is 0 Å². The second-order valence-corrected chi connectivity index (χ2v) is 6.83. The Bertz CT molecular complexity index is 1030. The van der Waals surface area contributed by atoms with Crippen LogP contribution in [0.1, 0.15) is 29.2 Å². The number of H-pyrrole nitrogens is 1. The molecule has 1 aliphatic carbocycles. The van der Waals surface area contributed by atoms with Crippen LogP contribution in [0, 0.1) is 0 Å². The van der Waals surface area contributed by atoms with Crippen molar-refractivity contribution in [1.29, 1.82) is 0 Å².